The summed E-state index contributed by atoms with van der Waals surface area (Å²) in [6.07, 6.45) is 2.63. The normalized spacial score (nSPS) is 12.2. The van der Waals surface area contributed by atoms with E-state index in [0.717, 1.165) is 17.9 Å². The molecule has 0 aliphatic carbocycles. The summed E-state index contributed by atoms with van der Waals surface area (Å²) in [6.45, 7) is 7.12. The van der Waals surface area contributed by atoms with E-state index in [1.165, 1.54) is 43.5 Å². The van der Waals surface area contributed by atoms with E-state index >= 15 is 0 Å². The molecule has 1 heterocycles. The number of carbonyl (C=O) groups excluding carboxylic acids is 5. The van der Waals surface area contributed by atoms with Crippen LogP contribution in [0.15, 0.2) is 52.9 Å². The summed E-state index contributed by atoms with van der Waals surface area (Å²) in [4.78, 5) is 88.0. The minimum Gasteiger partial charge on any atom is -0.497 e. The smallest absolute Gasteiger partial charge is 0.363 e. The molecule has 16 nitrogen and oxygen atoms in total. The van der Waals surface area contributed by atoms with Gasteiger partial charge in [0, 0.05) is 5.56 Å². The average Bonchev–Trinajstić information content (AvgIpc) is 3.63. The van der Waals surface area contributed by atoms with E-state index in [1.54, 1.807) is 32.9 Å². The Morgan fingerprint density at radius 1 is 0.943 bits per heavy atom. The number of amides is 4. The topological polar surface area (TPSA) is 223 Å². The summed E-state index contributed by atoms with van der Waals surface area (Å²) in [7, 11) is -2.97. The first-order valence-electron chi connectivity index (χ1n) is 17.1. The number of carbonyl (C=O) groups is 5. The highest BCUT2D eigenvalue weighted by molar-refractivity contribution is 7.51. The van der Waals surface area contributed by atoms with Gasteiger partial charge in [-0.1, -0.05) is 39.2 Å². The molecule has 0 radical (unpaired) electrons. The van der Waals surface area contributed by atoms with Gasteiger partial charge in [-0.2, -0.15) is 5.06 Å². The molecule has 288 valence electrons. The van der Waals surface area contributed by atoms with Crippen LogP contribution in [-0.4, -0.2) is 77.7 Å². The molecule has 0 bridgehead atoms. The number of methoxy groups -OCH3 is 1. The van der Waals surface area contributed by atoms with Crippen LogP contribution in [0.4, 0.5) is 0 Å². The van der Waals surface area contributed by atoms with Crippen molar-refractivity contribution in [2.75, 3.05) is 26.7 Å². The molecule has 3 rings (SSSR count). The fourth-order valence-electron chi connectivity index (χ4n) is 5.51. The maximum atomic E-state index is 13.5. The van der Waals surface area contributed by atoms with Crippen molar-refractivity contribution < 1.29 is 57.1 Å². The number of hydroxylamine groups is 2. The van der Waals surface area contributed by atoms with Gasteiger partial charge < -0.3 is 44.5 Å². The number of nitrogens with zero attached hydrogens (tertiary/aromatic N) is 1. The Morgan fingerprint density at radius 3 is 2.30 bits per heavy atom. The van der Waals surface area contributed by atoms with Crippen LogP contribution in [0.5, 0.6) is 11.5 Å². The van der Waals surface area contributed by atoms with Crippen LogP contribution in [0.25, 0.3) is 11.3 Å². The largest absolute Gasteiger partial charge is 0.497 e. The van der Waals surface area contributed by atoms with Gasteiger partial charge in [-0.05, 0) is 74.7 Å². The molecule has 1 aromatic heterocycles. The number of hydrogen-bond donors (Lipinski definition) is 5. The molecule has 0 spiro atoms. The molecule has 2 aromatic carbocycles. The third kappa shape index (κ3) is 12.2. The number of aryl methyl sites for hydroxylation is 1. The van der Waals surface area contributed by atoms with E-state index in [4.69, 9.17) is 28.5 Å². The van der Waals surface area contributed by atoms with Gasteiger partial charge in [0.25, 0.3) is 11.8 Å². The molecule has 53 heavy (non-hydrogen) atoms. The van der Waals surface area contributed by atoms with Crippen LogP contribution in [0.3, 0.4) is 0 Å². The zero-order valence-electron chi connectivity index (χ0n) is 30.4. The van der Waals surface area contributed by atoms with Gasteiger partial charge in [-0.3, -0.25) is 23.7 Å². The van der Waals surface area contributed by atoms with E-state index in [1.807, 2.05) is 6.92 Å². The van der Waals surface area contributed by atoms with Gasteiger partial charge in [0.2, 0.25) is 12.3 Å². The number of furan rings is 1. The van der Waals surface area contributed by atoms with Gasteiger partial charge in [0.05, 0.1) is 43.5 Å². The first-order chi connectivity index (χ1) is 25.3. The van der Waals surface area contributed by atoms with E-state index < -0.39 is 49.5 Å². The predicted molar refractivity (Wildman–Crippen MR) is 193 cm³/mol. The zero-order chi connectivity index (χ0) is 39.1. The Morgan fingerprint density at radius 2 is 1.68 bits per heavy atom. The number of unbranched alkanes of at least 4 members (excludes halogenated alkanes) is 2. The molecule has 0 fully saturated rings. The van der Waals surface area contributed by atoms with Gasteiger partial charge in [-0.15, -0.1) is 0 Å². The lowest BCUT2D eigenvalue weighted by Crippen LogP contribution is -2.49. The molecule has 5 N–H and O–H groups in total. The first-order valence-corrected chi connectivity index (χ1v) is 18.9. The van der Waals surface area contributed by atoms with Gasteiger partial charge in [0.15, 0.2) is 5.76 Å². The maximum Gasteiger partial charge on any atom is 0.363 e. The zero-order valence-corrected chi connectivity index (χ0v) is 31.3. The third-order valence-corrected chi connectivity index (χ3v) is 8.78. The van der Waals surface area contributed by atoms with Crippen molar-refractivity contribution in [3.05, 3.63) is 71.0 Å². The van der Waals surface area contributed by atoms with Crippen LogP contribution in [0.1, 0.15) is 89.7 Å². The summed E-state index contributed by atoms with van der Waals surface area (Å²) in [5.74, 6) is -2.49. The van der Waals surface area contributed by atoms with Crippen LogP contribution in [-0.2, 0) is 19.0 Å². The van der Waals surface area contributed by atoms with Crippen molar-refractivity contribution in [1.82, 2.24) is 21.0 Å². The quantitative estimate of drug-likeness (QED) is 0.0332. The van der Waals surface area contributed by atoms with Crippen LogP contribution in [0.2, 0.25) is 0 Å². The standard InChI is InChI=1S/C36H47N4O12P/c1-6-9-10-11-27(29(7-2)40(22-41)52-36(45)26-15-13-25(49-5)18-23(26)4)33(42)37-20-38-35(44)31-17-16-30(51-31)24-12-14-28(32(19-24)50-8-3)34(43)39-21-53(46,47)48/h12-19,22,27,29H,6-11,20-21H2,1-5H3,(H,37,42)(H,38,44)(H,39,43)(H2,46,47,48). The van der Waals surface area contributed by atoms with Crippen molar-refractivity contribution >= 4 is 37.7 Å². The minimum atomic E-state index is -4.47. The Labute approximate surface area is 307 Å². The summed E-state index contributed by atoms with van der Waals surface area (Å²) in [6, 6.07) is 11.4. The third-order valence-electron chi connectivity index (χ3n) is 8.21. The number of hydrogen-bond acceptors (Lipinski definition) is 10. The highest BCUT2D eigenvalue weighted by atomic mass is 31.2. The molecule has 0 aliphatic heterocycles. The number of ether oxygens (including phenoxy) is 2. The summed E-state index contributed by atoms with van der Waals surface area (Å²) >= 11 is 0. The van der Waals surface area contributed by atoms with Gasteiger partial charge in [-0.25, -0.2) is 4.79 Å². The van der Waals surface area contributed by atoms with E-state index in [9.17, 15) is 28.5 Å². The van der Waals surface area contributed by atoms with E-state index in [-0.39, 0.29) is 41.7 Å². The van der Waals surface area contributed by atoms with Crippen molar-refractivity contribution in [3.63, 3.8) is 0 Å². The molecule has 0 aliphatic rings. The second kappa shape index (κ2) is 20.2. The summed E-state index contributed by atoms with van der Waals surface area (Å²) in [5, 5.41) is 8.33. The molecular weight excluding hydrogens is 711 g/mol. The van der Waals surface area contributed by atoms with Gasteiger partial charge in [0.1, 0.15) is 23.5 Å². The Bertz CT molecular complexity index is 1790. The molecule has 3 aromatic rings. The van der Waals surface area contributed by atoms with Crippen molar-refractivity contribution in [3.8, 4) is 22.8 Å². The molecule has 2 atom stereocenters. The van der Waals surface area contributed by atoms with Crippen LogP contribution < -0.4 is 25.4 Å². The lowest BCUT2D eigenvalue weighted by Gasteiger charge is -2.32. The molecule has 2 unspecified atom stereocenters. The van der Waals surface area contributed by atoms with E-state index in [0.29, 0.717) is 42.5 Å². The van der Waals surface area contributed by atoms with Crippen molar-refractivity contribution in [1.29, 1.82) is 0 Å². The second-order valence-electron chi connectivity index (χ2n) is 12.0. The Balaban J connectivity index is 1.69. The highest BCUT2D eigenvalue weighted by Crippen LogP contribution is 2.33. The minimum absolute atomic E-state index is 0.0457. The van der Waals surface area contributed by atoms with Crippen molar-refractivity contribution in [2.24, 2.45) is 5.92 Å². The van der Waals surface area contributed by atoms with Crippen LogP contribution >= 0.6 is 7.60 Å². The monoisotopic (exact) mass is 758 g/mol. The molecule has 0 saturated heterocycles. The molecular formula is C36H47N4O12P. The fraction of sp³-hybridized carbons (Fsp3) is 0.417. The number of nitrogens with one attached hydrogen (secondary N) is 3. The maximum absolute atomic E-state index is 13.5. The molecule has 0 saturated carbocycles. The van der Waals surface area contributed by atoms with Gasteiger partial charge >= 0.3 is 13.6 Å². The summed E-state index contributed by atoms with van der Waals surface area (Å²) in [5.41, 5.74) is 1.32. The fourth-order valence-corrected chi connectivity index (χ4v) is 5.86. The lowest BCUT2D eigenvalue weighted by molar-refractivity contribution is -0.171. The van der Waals surface area contributed by atoms with E-state index in [2.05, 4.69) is 16.0 Å². The Kier molecular flexibility index (Phi) is 16.1. The first kappa shape index (κ1) is 42.2. The molecule has 17 heteroatoms. The lowest BCUT2D eigenvalue weighted by atomic mass is 9.90. The van der Waals surface area contributed by atoms with Crippen molar-refractivity contribution in [2.45, 2.75) is 65.8 Å². The Hall–Kier alpha value is -5.18. The SMILES string of the molecule is CCCCCC(C(=O)NCNC(=O)c1ccc(-c2ccc(C(=O)NCP(=O)(O)O)c(OCC)c2)o1)C(CC)N(C=O)OC(=O)c1ccc(OC)cc1C. The summed E-state index contributed by atoms with van der Waals surface area (Å²) < 4.78 is 27.7. The number of rotatable bonds is 21. The highest BCUT2D eigenvalue weighted by Gasteiger charge is 2.34. The predicted octanol–water partition coefficient (Wildman–Crippen LogP) is 4.54. The second-order valence-corrected chi connectivity index (χ2v) is 13.6. The number of benzene rings is 2. The van der Waals surface area contributed by atoms with Crippen LogP contribution in [0, 0.1) is 12.8 Å². The average molecular weight is 759 g/mol. The molecule has 4 amide bonds.